The Morgan fingerprint density at radius 2 is 2.14 bits per heavy atom. The smallest absolute Gasteiger partial charge is 0.0959 e. The molecule has 0 spiro atoms. The van der Waals surface area contributed by atoms with Gasteiger partial charge in [0.15, 0.2) is 0 Å². The predicted octanol–water partition coefficient (Wildman–Crippen LogP) is 2.43. The Bertz CT molecular complexity index is 297. The van der Waals surface area contributed by atoms with Gasteiger partial charge < -0.3 is 4.74 Å². The SMILES string of the molecule is c1ccc(COCC2CCN=N2)cc1. The van der Waals surface area contributed by atoms with Crippen molar-refractivity contribution >= 4 is 0 Å². The lowest BCUT2D eigenvalue weighted by molar-refractivity contribution is 0.109. The zero-order chi connectivity index (χ0) is 9.64. The van der Waals surface area contributed by atoms with Crippen molar-refractivity contribution in [2.75, 3.05) is 13.2 Å². The van der Waals surface area contributed by atoms with Crippen LogP contribution in [0, 0.1) is 0 Å². The molecule has 0 saturated heterocycles. The van der Waals surface area contributed by atoms with Crippen LogP contribution in [-0.4, -0.2) is 19.2 Å². The third-order valence-corrected chi connectivity index (χ3v) is 2.23. The number of hydrogen-bond donors (Lipinski definition) is 0. The van der Waals surface area contributed by atoms with Crippen LogP contribution < -0.4 is 0 Å². The summed E-state index contributed by atoms with van der Waals surface area (Å²) in [7, 11) is 0. The van der Waals surface area contributed by atoms with E-state index in [0.717, 1.165) is 13.0 Å². The van der Waals surface area contributed by atoms with E-state index in [2.05, 4.69) is 22.4 Å². The van der Waals surface area contributed by atoms with Crippen LogP contribution in [0.15, 0.2) is 40.6 Å². The summed E-state index contributed by atoms with van der Waals surface area (Å²) >= 11 is 0. The first-order valence-corrected chi connectivity index (χ1v) is 4.93. The lowest BCUT2D eigenvalue weighted by atomic mass is 10.2. The molecule has 0 N–H and O–H groups in total. The maximum atomic E-state index is 5.55. The molecule has 0 saturated carbocycles. The van der Waals surface area contributed by atoms with Gasteiger partial charge in [0.1, 0.15) is 0 Å². The molecule has 1 unspecified atom stereocenters. The molecular weight excluding hydrogens is 176 g/mol. The molecule has 1 aromatic rings. The number of benzene rings is 1. The molecule has 14 heavy (non-hydrogen) atoms. The zero-order valence-corrected chi connectivity index (χ0v) is 8.10. The van der Waals surface area contributed by atoms with Gasteiger partial charge in [-0.2, -0.15) is 10.2 Å². The zero-order valence-electron chi connectivity index (χ0n) is 8.10. The molecule has 0 amide bonds. The van der Waals surface area contributed by atoms with Gasteiger partial charge in [0.25, 0.3) is 0 Å². The number of nitrogens with zero attached hydrogens (tertiary/aromatic N) is 2. The van der Waals surface area contributed by atoms with E-state index in [1.54, 1.807) is 0 Å². The van der Waals surface area contributed by atoms with Crippen molar-refractivity contribution in [2.45, 2.75) is 19.1 Å². The number of azo groups is 1. The van der Waals surface area contributed by atoms with Gasteiger partial charge in [0.05, 0.1) is 25.8 Å². The molecule has 3 heteroatoms. The molecular formula is C11H14N2O. The van der Waals surface area contributed by atoms with E-state index in [0.29, 0.717) is 19.3 Å². The monoisotopic (exact) mass is 190 g/mol. The Labute approximate surface area is 83.8 Å². The highest BCUT2D eigenvalue weighted by atomic mass is 16.5. The minimum Gasteiger partial charge on any atom is -0.374 e. The minimum atomic E-state index is 0.290. The van der Waals surface area contributed by atoms with E-state index in [1.165, 1.54) is 5.56 Å². The van der Waals surface area contributed by atoms with Gasteiger partial charge in [-0.1, -0.05) is 30.3 Å². The van der Waals surface area contributed by atoms with Crippen LogP contribution in [0.4, 0.5) is 0 Å². The fraction of sp³-hybridized carbons (Fsp3) is 0.455. The van der Waals surface area contributed by atoms with Crippen LogP contribution in [0.5, 0.6) is 0 Å². The Balaban J connectivity index is 1.70. The van der Waals surface area contributed by atoms with Gasteiger partial charge in [-0.25, -0.2) is 0 Å². The summed E-state index contributed by atoms with van der Waals surface area (Å²) in [4.78, 5) is 0. The molecule has 74 valence electrons. The lowest BCUT2D eigenvalue weighted by Gasteiger charge is -2.06. The number of rotatable bonds is 4. The van der Waals surface area contributed by atoms with Crippen molar-refractivity contribution < 1.29 is 4.74 Å². The summed E-state index contributed by atoms with van der Waals surface area (Å²) in [6.45, 7) is 2.23. The quantitative estimate of drug-likeness (QED) is 0.717. The van der Waals surface area contributed by atoms with Crippen LogP contribution in [0.1, 0.15) is 12.0 Å². The maximum absolute atomic E-state index is 5.55. The Kier molecular flexibility index (Phi) is 3.24. The van der Waals surface area contributed by atoms with Gasteiger partial charge in [-0.3, -0.25) is 0 Å². The molecule has 0 radical (unpaired) electrons. The van der Waals surface area contributed by atoms with Gasteiger partial charge >= 0.3 is 0 Å². The molecule has 1 aliphatic rings. The van der Waals surface area contributed by atoms with E-state index in [9.17, 15) is 0 Å². The highest BCUT2D eigenvalue weighted by Gasteiger charge is 2.11. The third-order valence-electron chi connectivity index (χ3n) is 2.23. The number of hydrogen-bond acceptors (Lipinski definition) is 3. The van der Waals surface area contributed by atoms with Crippen molar-refractivity contribution in [3.8, 4) is 0 Å². The van der Waals surface area contributed by atoms with Crippen molar-refractivity contribution in [3.63, 3.8) is 0 Å². The summed E-state index contributed by atoms with van der Waals surface area (Å²) in [5.74, 6) is 0. The van der Waals surface area contributed by atoms with Crippen LogP contribution in [-0.2, 0) is 11.3 Å². The first-order valence-electron chi connectivity index (χ1n) is 4.93. The van der Waals surface area contributed by atoms with E-state index in [4.69, 9.17) is 4.74 Å². The number of ether oxygens (including phenoxy) is 1. The minimum absolute atomic E-state index is 0.290. The standard InChI is InChI=1S/C11H14N2O/c1-2-4-10(5-3-1)8-14-9-11-6-7-12-13-11/h1-5,11H,6-9H2. The summed E-state index contributed by atoms with van der Waals surface area (Å²) in [5, 5.41) is 8.00. The maximum Gasteiger partial charge on any atom is 0.0959 e. The second-order valence-corrected chi connectivity index (χ2v) is 3.42. The average Bonchev–Trinajstić information content (AvgIpc) is 2.72. The van der Waals surface area contributed by atoms with Crippen molar-refractivity contribution in [1.29, 1.82) is 0 Å². The van der Waals surface area contributed by atoms with Gasteiger partial charge in [0, 0.05) is 0 Å². The van der Waals surface area contributed by atoms with E-state index in [-0.39, 0.29) is 0 Å². The van der Waals surface area contributed by atoms with Crippen molar-refractivity contribution in [2.24, 2.45) is 10.2 Å². The molecule has 1 atom stereocenters. The van der Waals surface area contributed by atoms with Gasteiger partial charge in [-0.05, 0) is 12.0 Å². The van der Waals surface area contributed by atoms with Crippen molar-refractivity contribution in [3.05, 3.63) is 35.9 Å². The van der Waals surface area contributed by atoms with E-state index < -0.39 is 0 Å². The molecule has 1 aliphatic heterocycles. The first kappa shape index (κ1) is 9.34. The van der Waals surface area contributed by atoms with Gasteiger partial charge in [-0.15, -0.1) is 0 Å². The third kappa shape index (κ3) is 2.64. The molecule has 0 aromatic heterocycles. The van der Waals surface area contributed by atoms with E-state index in [1.807, 2.05) is 18.2 Å². The molecule has 1 heterocycles. The van der Waals surface area contributed by atoms with Crippen molar-refractivity contribution in [1.82, 2.24) is 0 Å². The fourth-order valence-electron chi connectivity index (χ4n) is 1.44. The van der Waals surface area contributed by atoms with Gasteiger partial charge in [0.2, 0.25) is 0 Å². The largest absolute Gasteiger partial charge is 0.374 e. The van der Waals surface area contributed by atoms with E-state index >= 15 is 0 Å². The second-order valence-electron chi connectivity index (χ2n) is 3.42. The predicted molar refractivity (Wildman–Crippen MR) is 54.2 cm³/mol. The topological polar surface area (TPSA) is 34.0 Å². The summed E-state index contributed by atoms with van der Waals surface area (Å²) in [6, 6.07) is 10.5. The molecule has 1 aromatic carbocycles. The highest BCUT2D eigenvalue weighted by Crippen LogP contribution is 2.09. The normalized spacial score (nSPS) is 20.1. The lowest BCUT2D eigenvalue weighted by Crippen LogP contribution is -2.10. The fourth-order valence-corrected chi connectivity index (χ4v) is 1.44. The summed E-state index contributed by atoms with van der Waals surface area (Å²) in [6.07, 6.45) is 1.04. The highest BCUT2D eigenvalue weighted by molar-refractivity contribution is 5.13. The molecule has 2 rings (SSSR count). The second kappa shape index (κ2) is 4.86. The Morgan fingerprint density at radius 3 is 2.86 bits per heavy atom. The van der Waals surface area contributed by atoms with Crippen LogP contribution in [0.3, 0.4) is 0 Å². The molecule has 3 nitrogen and oxygen atoms in total. The Hall–Kier alpha value is -1.22. The summed E-state index contributed by atoms with van der Waals surface area (Å²) < 4.78 is 5.55. The van der Waals surface area contributed by atoms with Crippen LogP contribution >= 0.6 is 0 Å². The van der Waals surface area contributed by atoms with Crippen LogP contribution in [0.2, 0.25) is 0 Å². The molecule has 0 aliphatic carbocycles. The molecule has 0 fully saturated rings. The average molecular weight is 190 g/mol. The Morgan fingerprint density at radius 1 is 1.29 bits per heavy atom. The molecule has 0 bridgehead atoms. The first-order chi connectivity index (χ1) is 6.95. The summed E-state index contributed by atoms with van der Waals surface area (Å²) in [5.41, 5.74) is 1.21. The van der Waals surface area contributed by atoms with Crippen LogP contribution in [0.25, 0.3) is 0 Å².